The van der Waals surface area contributed by atoms with Gasteiger partial charge in [-0.2, -0.15) is 0 Å². The number of carbonyl (C=O) groups excluding carboxylic acids is 1. The Morgan fingerprint density at radius 1 is 1.11 bits per heavy atom. The van der Waals surface area contributed by atoms with Crippen molar-refractivity contribution in [2.75, 3.05) is 32.9 Å². The lowest BCUT2D eigenvalue weighted by atomic mass is 9.84. The summed E-state index contributed by atoms with van der Waals surface area (Å²) in [5, 5.41) is 3.36. The molecule has 3 atom stereocenters. The third-order valence-corrected chi connectivity index (χ3v) is 7.29. The maximum absolute atomic E-state index is 13.2. The van der Waals surface area contributed by atoms with E-state index in [4.69, 9.17) is 9.47 Å². The van der Waals surface area contributed by atoms with Crippen molar-refractivity contribution < 1.29 is 14.3 Å². The van der Waals surface area contributed by atoms with Gasteiger partial charge in [-0.15, -0.1) is 0 Å². The fourth-order valence-corrected chi connectivity index (χ4v) is 5.77. The van der Waals surface area contributed by atoms with Crippen LogP contribution in [-0.2, 0) is 9.53 Å². The van der Waals surface area contributed by atoms with E-state index in [9.17, 15) is 4.79 Å². The molecule has 1 aliphatic carbocycles. The van der Waals surface area contributed by atoms with Crippen LogP contribution in [0.15, 0.2) is 24.3 Å². The second-order valence-electron chi connectivity index (χ2n) is 9.06. The third-order valence-electron chi connectivity index (χ3n) is 7.29. The number of nitrogens with zero attached hydrogens (tertiary/aromatic N) is 1. The van der Waals surface area contributed by atoms with Crippen molar-refractivity contribution in [2.24, 2.45) is 17.8 Å². The van der Waals surface area contributed by atoms with E-state index in [1.165, 1.54) is 18.4 Å². The molecule has 1 saturated carbocycles. The predicted octanol–water partition coefficient (Wildman–Crippen LogP) is 3.15. The van der Waals surface area contributed by atoms with Crippen LogP contribution in [0.25, 0.3) is 0 Å². The minimum atomic E-state index is 0.0267. The lowest BCUT2D eigenvalue weighted by Gasteiger charge is -2.36. The molecule has 1 aromatic carbocycles. The van der Waals surface area contributed by atoms with Gasteiger partial charge in [0.25, 0.3) is 0 Å². The van der Waals surface area contributed by atoms with Gasteiger partial charge in [0.15, 0.2) is 0 Å². The van der Waals surface area contributed by atoms with Crippen LogP contribution in [0.4, 0.5) is 0 Å². The van der Waals surface area contributed by atoms with Crippen LogP contribution in [0.2, 0.25) is 0 Å². The highest BCUT2D eigenvalue weighted by Crippen LogP contribution is 2.48. The molecule has 4 aliphatic rings. The van der Waals surface area contributed by atoms with Crippen LogP contribution >= 0.6 is 0 Å². The van der Waals surface area contributed by atoms with Crippen LogP contribution < -0.4 is 10.1 Å². The summed E-state index contributed by atoms with van der Waals surface area (Å²) in [6.45, 7) is 4.31. The first-order valence-electron chi connectivity index (χ1n) is 11.1. The zero-order chi connectivity index (χ0) is 18.9. The molecule has 28 heavy (non-hydrogen) atoms. The second-order valence-corrected chi connectivity index (χ2v) is 9.06. The molecule has 0 radical (unpaired) electrons. The highest BCUT2D eigenvalue weighted by atomic mass is 16.5. The second kappa shape index (κ2) is 8.03. The average molecular weight is 385 g/mol. The molecule has 152 valence electrons. The van der Waals surface area contributed by atoms with Gasteiger partial charge in [0.05, 0.1) is 12.5 Å². The summed E-state index contributed by atoms with van der Waals surface area (Å²) in [6.07, 6.45) is 7.02. The van der Waals surface area contributed by atoms with Crippen LogP contribution in [0.5, 0.6) is 5.75 Å². The molecule has 3 heterocycles. The molecule has 5 nitrogen and oxygen atoms in total. The van der Waals surface area contributed by atoms with Gasteiger partial charge < -0.3 is 14.8 Å². The molecule has 0 bridgehead atoms. The quantitative estimate of drug-likeness (QED) is 0.866. The Morgan fingerprint density at radius 2 is 1.89 bits per heavy atom. The van der Waals surface area contributed by atoms with Crippen LogP contribution in [0, 0.1) is 17.8 Å². The maximum Gasteiger partial charge on any atom is 0.225 e. The summed E-state index contributed by atoms with van der Waals surface area (Å²) < 4.78 is 11.7. The van der Waals surface area contributed by atoms with Crippen LogP contribution in [0.1, 0.15) is 50.1 Å². The summed E-state index contributed by atoms with van der Waals surface area (Å²) in [7, 11) is 0. The Balaban J connectivity index is 1.37. The van der Waals surface area contributed by atoms with Gasteiger partial charge in [-0.1, -0.05) is 31.0 Å². The van der Waals surface area contributed by atoms with E-state index in [2.05, 4.69) is 28.4 Å². The summed E-state index contributed by atoms with van der Waals surface area (Å²) in [5.41, 5.74) is 1.27. The lowest BCUT2D eigenvalue weighted by Crippen LogP contribution is -2.42. The van der Waals surface area contributed by atoms with Gasteiger partial charge >= 0.3 is 0 Å². The molecular weight excluding hydrogens is 352 g/mol. The molecule has 2 saturated heterocycles. The number of amides is 1. The maximum atomic E-state index is 13.2. The number of hydrogen-bond donors (Lipinski definition) is 1. The van der Waals surface area contributed by atoms with Crippen molar-refractivity contribution in [2.45, 2.75) is 50.6 Å². The summed E-state index contributed by atoms with van der Waals surface area (Å²) in [6, 6.07) is 9.09. The van der Waals surface area contributed by atoms with Gasteiger partial charge in [0.1, 0.15) is 5.75 Å². The molecule has 1 N–H and O–H groups in total. The van der Waals surface area contributed by atoms with Gasteiger partial charge in [-0.05, 0) is 37.7 Å². The number of ether oxygens (including phenoxy) is 2. The van der Waals surface area contributed by atoms with Crippen molar-refractivity contribution >= 4 is 5.91 Å². The normalized spacial score (nSPS) is 31.2. The number of fused-ring (bicyclic) bond motifs is 3. The fraction of sp³-hybridized carbons (Fsp3) is 0.696. The number of hydrogen-bond acceptors (Lipinski definition) is 4. The predicted molar refractivity (Wildman–Crippen MR) is 107 cm³/mol. The molecule has 5 heteroatoms. The topological polar surface area (TPSA) is 50.8 Å². The first-order chi connectivity index (χ1) is 13.8. The number of likely N-dealkylation sites (tertiary alicyclic amines) is 1. The number of benzene rings is 1. The SMILES string of the molecule is O=C(NC1CCCC1)[C@@H]1CN(CC2CCOCC2)[C@H]2c3ccccc3OC[C@@H]12. The molecule has 0 aromatic heterocycles. The zero-order valence-corrected chi connectivity index (χ0v) is 16.6. The van der Waals surface area contributed by atoms with E-state index in [0.29, 0.717) is 24.6 Å². The van der Waals surface area contributed by atoms with E-state index in [1.54, 1.807) is 0 Å². The van der Waals surface area contributed by atoms with E-state index in [-0.39, 0.29) is 17.7 Å². The summed E-state index contributed by atoms with van der Waals surface area (Å²) in [4.78, 5) is 15.8. The summed E-state index contributed by atoms with van der Waals surface area (Å²) >= 11 is 0. The van der Waals surface area contributed by atoms with E-state index in [1.807, 2.05) is 6.07 Å². The minimum absolute atomic E-state index is 0.0267. The average Bonchev–Trinajstić information content (AvgIpc) is 3.37. The zero-order valence-electron chi connectivity index (χ0n) is 16.6. The Morgan fingerprint density at radius 3 is 2.71 bits per heavy atom. The van der Waals surface area contributed by atoms with Crippen LogP contribution in [-0.4, -0.2) is 49.8 Å². The Labute approximate surface area is 167 Å². The summed E-state index contributed by atoms with van der Waals surface area (Å²) in [5.74, 6) is 2.19. The van der Waals surface area contributed by atoms with Gasteiger partial charge in [0, 0.05) is 49.9 Å². The molecule has 3 aliphatic heterocycles. The van der Waals surface area contributed by atoms with Gasteiger partial charge in [-0.25, -0.2) is 0 Å². The molecule has 3 fully saturated rings. The first-order valence-corrected chi connectivity index (χ1v) is 11.1. The third kappa shape index (κ3) is 3.55. The lowest BCUT2D eigenvalue weighted by molar-refractivity contribution is -0.127. The number of rotatable bonds is 4. The van der Waals surface area contributed by atoms with Crippen molar-refractivity contribution in [3.63, 3.8) is 0 Å². The molecule has 0 unspecified atom stereocenters. The molecular formula is C23H32N2O3. The van der Waals surface area contributed by atoms with Crippen LogP contribution in [0.3, 0.4) is 0 Å². The Kier molecular flexibility index (Phi) is 5.29. The molecule has 1 aromatic rings. The van der Waals surface area contributed by atoms with E-state index >= 15 is 0 Å². The van der Waals surface area contributed by atoms with Gasteiger partial charge in [-0.3, -0.25) is 9.69 Å². The first kappa shape index (κ1) is 18.4. The van der Waals surface area contributed by atoms with Crippen molar-refractivity contribution in [1.29, 1.82) is 0 Å². The fourth-order valence-electron chi connectivity index (χ4n) is 5.77. The van der Waals surface area contributed by atoms with Crippen molar-refractivity contribution in [3.8, 4) is 5.75 Å². The molecule has 5 rings (SSSR count). The van der Waals surface area contributed by atoms with Crippen molar-refractivity contribution in [1.82, 2.24) is 10.2 Å². The van der Waals surface area contributed by atoms with E-state index in [0.717, 1.165) is 57.7 Å². The minimum Gasteiger partial charge on any atom is -0.493 e. The molecule has 1 amide bonds. The highest BCUT2D eigenvalue weighted by Gasteiger charge is 2.49. The van der Waals surface area contributed by atoms with Gasteiger partial charge in [0.2, 0.25) is 5.91 Å². The highest BCUT2D eigenvalue weighted by molar-refractivity contribution is 5.80. The number of nitrogens with one attached hydrogen (secondary N) is 1. The number of carbonyl (C=O) groups is 1. The Bertz CT molecular complexity index is 697. The Hall–Kier alpha value is -1.59. The smallest absolute Gasteiger partial charge is 0.225 e. The van der Waals surface area contributed by atoms with Crippen molar-refractivity contribution in [3.05, 3.63) is 29.8 Å². The monoisotopic (exact) mass is 384 g/mol. The number of para-hydroxylation sites is 1. The molecule has 0 spiro atoms. The standard InChI is InChI=1S/C23H32N2O3/c26-23(24-17-5-1-2-6-17)19-14-25(13-16-9-11-27-12-10-16)22-18-7-3-4-8-21(18)28-15-20(19)22/h3-4,7-8,16-17,19-20,22H,1-2,5-6,9-15H2,(H,24,26)/t19-,20+,22+/m1/s1. The largest absolute Gasteiger partial charge is 0.493 e. The van der Waals surface area contributed by atoms with E-state index < -0.39 is 0 Å².